The Morgan fingerprint density at radius 1 is 1.25 bits per heavy atom. The summed E-state index contributed by atoms with van der Waals surface area (Å²) in [6, 6.07) is 11.0. The molecule has 8 nitrogen and oxygen atoms in total. The average molecular weight is 430 g/mol. The van der Waals surface area contributed by atoms with Crippen LogP contribution in [0.5, 0.6) is 5.75 Å². The van der Waals surface area contributed by atoms with Crippen LogP contribution in [0.4, 0.5) is 0 Å². The van der Waals surface area contributed by atoms with E-state index in [1.54, 1.807) is 24.4 Å². The van der Waals surface area contributed by atoms with Gasteiger partial charge in [0.1, 0.15) is 24.0 Å². The molecule has 0 bridgehead atoms. The van der Waals surface area contributed by atoms with E-state index >= 15 is 0 Å². The van der Waals surface area contributed by atoms with Gasteiger partial charge in [0.05, 0.1) is 30.2 Å². The molecular weight excluding hydrogens is 408 g/mol. The Hall–Kier alpha value is -3.80. The highest BCUT2D eigenvalue weighted by molar-refractivity contribution is 5.93. The van der Waals surface area contributed by atoms with Gasteiger partial charge in [0.2, 0.25) is 0 Å². The van der Waals surface area contributed by atoms with E-state index in [-0.39, 0.29) is 12.6 Å². The van der Waals surface area contributed by atoms with E-state index in [9.17, 15) is 9.90 Å². The first kappa shape index (κ1) is 21.4. The van der Waals surface area contributed by atoms with E-state index in [4.69, 9.17) is 14.7 Å². The van der Waals surface area contributed by atoms with Crippen LogP contribution in [0.3, 0.4) is 0 Å². The number of pyridine rings is 2. The maximum atomic E-state index is 11.7. The normalized spacial score (nSPS) is 13.2. The summed E-state index contributed by atoms with van der Waals surface area (Å²) in [6.45, 7) is 3.03. The number of carbonyl (C=O) groups excluding carboxylic acids is 1. The third-order valence-electron chi connectivity index (χ3n) is 5.53. The van der Waals surface area contributed by atoms with Crippen LogP contribution >= 0.6 is 0 Å². The first-order valence-electron chi connectivity index (χ1n) is 10.1. The fourth-order valence-corrected chi connectivity index (χ4v) is 3.70. The Morgan fingerprint density at radius 3 is 2.78 bits per heavy atom. The number of benzene rings is 1. The van der Waals surface area contributed by atoms with Crippen molar-refractivity contribution >= 4 is 5.97 Å². The topological polar surface area (TPSA) is 117 Å². The Labute approximate surface area is 185 Å². The number of fused-ring (bicyclic) bond motifs is 1. The maximum absolute atomic E-state index is 11.7. The summed E-state index contributed by atoms with van der Waals surface area (Å²) < 4.78 is 10.3. The Kier molecular flexibility index (Phi) is 6.12. The number of carbonyl (C=O) groups is 1. The molecule has 1 unspecified atom stereocenters. The number of hydrogen-bond acceptors (Lipinski definition) is 8. The average Bonchev–Trinajstić information content (AvgIpc) is 3.20. The number of nitrogens with zero attached hydrogens (tertiary/aromatic N) is 3. The van der Waals surface area contributed by atoms with E-state index in [2.05, 4.69) is 15.3 Å². The van der Waals surface area contributed by atoms with Gasteiger partial charge in [0.15, 0.2) is 0 Å². The van der Waals surface area contributed by atoms with Gasteiger partial charge < -0.3 is 19.9 Å². The number of ether oxygens (including phenoxy) is 2. The number of cyclic esters (lactones) is 1. The van der Waals surface area contributed by atoms with Crippen molar-refractivity contribution in [2.45, 2.75) is 26.2 Å². The molecule has 1 aliphatic rings. The molecule has 1 aromatic carbocycles. The second kappa shape index (κ2) is 9.14. The molecule has 0 saturated carbocycles. The molecule has 162 valence electrons. The lowest BCUT2D eigenvalue weighted by atomic mass is 9.95. The monoisotopic (exact) mass is 430 g/mol. The lowest BCUT2D eigenvalue weighted by molar-refractivity contribution is 0.0535. The van der Waals surface area contributed by atoms with Crippen molar-refractivity contribution in [3.05, 3.63) is 76.1 Å². The van der Waals surface area contributed by atoms with Gasteiger partial charge in [-0.3, -0.25) is 9.97 Å². The molecule has 3 aromatic rings. The van der Waals surface area contributed by atoms with Crippen LogP contribution in [0.2, 0.25) is 0 Å². The minimum atomic E-state index is -0.710. The number of nitrogens with one attached hydrogen (secondary N) is 1. The van der Waals surface area contributed by atoms with E-state index in [1.165, 1.54) is 13.3 Å². The summed E-state index contributed by atoms with van der Waals surface area (Å²) in [5.74, 6) is 0.143. The summed E-state index contributed by atoms with van der Waals surface area (Å²) in [5, 5.41) is 22.9. The lowest BCUT2D eigenvalue weighted by Gasteiger charge is -2.16. The number of aliphatic hydroxyl groups is 1. The van der Waals surface area contributed by atoms with Crippen LogP contribution in [0, 0.1) is 18.3 Å². The van der Waals surface area contributed by atoms with Crippen molar-refractivity contribution in [2.75, 3.05) is 13.7 Å². The van der Waals surface area contributed by atoms with Crippen molar-refractivity contribution in [2.24, 2.45) is 0 Å². The molecule has 8 heteroatoms. The van der Waals surface area contributed by atoms with Crippen LogP contribution in [0.15, 0.2) is 42.7 Å². The van der Waals surface area contributed by atoms with Crippen molar-refractivity contribution in [3.8, 4) is 23.2 Å². The molecule has 1 atom stereocenters. The fourth-order valence-electron chi connectivity index (χ4n) is 3.70. The van der Waals surface area contributed by atoms with Gasteiger partial charge >= 0.3 is 5.97 Å². The lowest BCUT2D eigenvalue weighted by Crippen LogP contribution is -2.22. The van der Waals surface area contributed by atoms with Gasteiger partial charge in [-0.15, -0.1) is 0 Å². The minimum Gasteiger partial charge on any atom is -0.495 e. The molecule has 32 heavy (non-hydrogen) atoms. The molecule has 1 aliphatic heterocycles. The molecule has 0 radical (unpaired) electrons. The SMILES string of the molecule is COc1cc(-c2ccc(CNCC(O)c3ccc4c(c3C)COC4=O)cn2)ncc1C#N. The number of aromatic nitrogens is 2. The van der Waals surface area contributed by atoms with Crippen LogP contribution < -0.4 is 10.1 Å². The quantitative estimate of drug-likeness (QED) is 0.550. The molecule has 2 aromatic heterocycles. The van der Waals surface area contributed by atoms with Crippen molar-refractivity contribution in [3.63, 3.8) is 0 Å². The highest BCUT2D eigenvalue weighted by Crippen LogP contribution is 2.29. The number of esters is 1. The second-order valence-electron chi connectivity index (χ2n) is 7.46. The molecule has 4 rings (SSSR count). The van der Waals surface area contributed by atoms with Crippen LogP contribution in [0.25, 0.3) is 11.4 Å². The van der Waals surface area contributed by atoms with E-state index in [0.717, 1.165) is 22.3 Å². The molecule has 0 saturated heterocycles. The van der Waals surface area contributed by atoms with E-state index < -0.39 is 6.10 Å². The predicted molar refractivity (Wildman–Crippen MR) is 116 cm³/mol. The Balaban J connectivity index is 1.37. The first-order valence-corrected chi connectivity index (χ1v) is 10.1. The summed E-state index contributed by atoms with van der Waals surface area (Å²) in [7, 11) is 1.51. The number of methoxy groups -OCH3 is 1. The summed E-state index contributed by atoms with van der Waals surface area (Å²) >= 11 is 0. The van der Waals surface area contributed by atoms with Gasteiger partial charge in [-0.1, -0.05) is 12.1 Å². The van der Waals surface area contributed by atoms with Gasteiger partial charge in [0.25, 0.3) is 0 Å². The maximum Gasteiger partial charge on any atom is 0.338 e. The molecule has 3 heterocycles. The predicted octanol–water partition coefficient (Wildman–Crippen LogP) is 2.83. The zero-order valence-electron chi connectivity index (χ0n) is 17.8. The van der Waals surface area contributed by atoms with Gasteiger partial charge in [0, 0.05) is 37.1 Å². The smallest absolute Gasteiger partial charge is 0.338 e. The summed E-state index contributed by atoms with van der Waals surface area (Å²) in [4.78, 5) is 20.4. The zero-order chi connectivity index (χ0) is 22.7. The van der Waals surface area contributed by atoms with E-state index in [1.807, 2.05) is 25.1 Å². The summed E-state index contributed by atoms with van der Waals surface area (Å²) in [5.41, 5.74) is 5.70. The molecule has 0 aliphatic carbocycles. The first-order chi connectivity index (χ1) is 15.5. The van der Waals surface area contributed by atoms with Gasteiger partial charge in [-0.05, 0) is 35.7 Å². The second-order valence-corrected chi connectivity index (χ2v) is 7.46. The van der Waals surface area contributed by atoms with E-state index in [0.29, 0.717) is 41.4 Å². The zero-order valence-corrected chi connectivity index (χ0v) is 17.8. The molecule has 2 N–H and O–H groups in total. The van der Waals surface area contributed by atoms with Crippen molar-refractivity contribution < 1.29 is 19.4 Å². The van der Waals surface area contributed by atoms with Crippen LogP contribution in [-0.4, -0.2) is 34.7 Å². The van der Waals surface area contributed by atoms with Crippen molar-refractivity contribution in [1.82, 2.24) is 15.3 Å². The van der Waals surface area contributed by atoms with Gasteiger partial charge in [-0.25, -0.2) is 4.79 Å². The van der Waals surface area contributed by atoms with Gasteiger partial charge in [-0.2, -0.15) is 5.26 Å². The Bertz CT molecular complexity index is 1200. The highest BCUT2D eigenvalue weighted by atomic mass is 16.5. The largest absolute Gasteiger partial charge is 0.495 e. The van der Waals surface area contributed by atoms with Crippen LogP contribution in [0.1, 0.15) is 44.3 Å². The minimum absolute atomic E-state index is 0.256. The molecular formula is C24H22N4O4. The number of hydrogen-bond donors (Lipinski definition) is 2. The number of aliphatic hydroxyl groups excluding tert-OH is 1. The third-order valence-corrected chi connectivity index (χ3v) is 5.53. The molecule has 0 spiro atoms. The molecule has 0 amide bonds. The van der Waals surface area contributed by atoms with Crippen molar-refractivity contribution in [1.29, 1.82) is 5.26 Å². The number of nitriles is 1. The third kappa shape index (κ3) is 4.17. The molecule has 0 fully saturated rings. The summed E-state index contributed by atoms with van der Waals surface area (Å²) in [6.07, 6.45) is 2.50. The fraction of sp³-hybridized carbons (Fsp3) is 0.250. The standard InChI is InChI=1S/C24H22N4O4/c1-14-17(4-5-18-19(14)13-32-24(18)30)22(29)12-26-9-15-3-6-20(27-10-15)21-7-23(31-2)16(8-25)11-28-21/h3-7,10-11,22,26,29H,9,12-13H2,1-2H3. The highest BCUT2D eigenvalue weighted by Gasteiger charge is 2.25. The van der Waals surface area contributed by atoms with Crippen LogP contribution in [-0.2, 0) is 17.9 Å². The Morgan fingerprint density at radius 2 is 2.06 bits per heavy atom. The number of rotatable bonds is 7.